The lowest BCUT2D eigenvalue weighted by Crippen LogP contribution is -2.52. The molecule has 2 aromatic rings. The first kappa shape index (κ1) is 16.2. The molecule has 0 spiro atoms. The minimum Gasteiger partial charge on any atom is -0.352 e. The fourth-order valence-electron chi connectivity index (χ4n) is 3.04. The lowest BCUT2D eigenvalue weighted by molar-refractivity contribution is -0.128. The number of carbonyl (C=O) groups is 2. The first-order valence-electron chi connectivity index (χ1n) is 7.89. The molecular formula is C19H19FN2O2. The number of amides is 2. The van der Waals surface area contributed by atoms with Crippen LogP contribution in [-0.4, -0.2) is 29.8 Å². The zero-order valence-corrected chi connectivity index (χ0v) is 13.7. The second kappa shape index (κ2) is 6.43. The van der Waals surface area contributed by atoms with Crippen LogP contribution in [0.3, 0.4) is 0 Å². The number of benzene rings is 2. The van der Waals surface area contributed by atoms with Crippen molar-refractivity contribution in [2.75, 3.05) is 13.1 Å². The summed E-state index contributed by atoms with van der Waals surface area (Å²) in [5.41, 5.74) is 2.76. The lowest BCUT2D eigenvalue weighted by Gasteiger charge is -2.35. The molecule has 2 aromatic carbocycles. The van der Waals surface area contributed by atoms with E-state index in [9.17, 15) is 14.0 Å². The molecule has 1 aliphatic heterocycles. The van der Waals surface area contributed by atoms with Crippen molar-refractivity contribution in [2.24, 2.45) is 0 Å². The molecule has 1 heterocycles. The molecule has 24 heavy (non-hydrogen) atoms. The average molecular weight is 326 g/mol. The third-order valence-corrected chi connectivity index (χ3v) is 4.26. The molecule has 1 unspecified atom stereocenters. The highest BCUT2D eigenvalue weighted by molar-refractivity contribution is 5.99. The maximum Gasteiger partial charge on any atom is 0.255 e. The normalized spacial score (nSPS) is 17.5. The summed E-state index contributed by atoms with van der Waals surface area (Å²) in [6.45, 7) is 4.48. The van der Waals surface area contributed by atoms with E-state index in [0.717, 1.165) is 11.1 Å². The molecule has 2 amide bonds. The van der Waals surface area contributed by atoms with Gasteiger partial charge in [0.05, 0.1) is 0 Å². The van der Waals surface area contributed by atoms with Crippen LogP contribution in [0.4, 0.5) is 4.39 Å². The fourth-order valence-corrected chi connectivity index (χ4v) is 3.04. The zero-order valence-electron chi connectivity index (χ0n) is 13.7. The summed E-state index contributed by atoms with van der Waals surface area (Å²) in [4.78, 5) is 26.9. The van der Waals surface area contributed by atoms with Crippen LogP contribution in [-0.2, 0) is 4.79 Å². The van der Waals surface area contributed by atoms with Gasteiger partial charge in [0, 0.05) is 18.7 Å². The monoisotopic (exact) mass is 326 g/mol. The highest BCUT2D eigenvalue weighted by atomic mass is 19.1. The van der Waals surface area contributed by atoms with E-state index >= 15 is 0 Å². The Morgan fingerprint density at radius 1 is 1.21 bits per heavy atom. The Labute approximate surface area is 140 Å². The predicted octanol–water partition coefficient (Wildman–Crippen LogP) is 2.76. The van der Waals surface area contributed by atoms with E-state index < -0.39 is 11.9 Å². The maximum atomic E-state index is 13.6. The number of carbonyl (C=O) groups excluding carboxylic acids is 2. The van der Waals surface area contributed by atoms with Crippen LogP contribution in [0, 0.1) is 19.7 Å². The lowest BCUT2D eigenvalue weighted by atomic mass is 9.98. The van der Waals surface area contributed by atoms with E-state index in [1.165, 1.54) is 17.0 Å². The van der Waals surface area contributed by atoms with Crippen LogP contribution in [0.1, 0.15) is 33.1 Å². The van der Waals surface area contributed by atoms with Gasteiger partial charge in [-0.1, -0.05) is 35.9 Å². The number of halogens is 1. The van der Waals surface area contributed by atoms with Crippen molar-refractivity contribution in [2.45, 2.75) is 19.9 Å². The van der Waals surface area contributed by atoms with Gasteiger partial charge in [0.15, 0.2) is 0 Å². The van der Waals surface area contributed by atoms with Crippen LogP contribution >= 0.6 is 0 Å². The topological polar surface area (TPSA) is 49.4 Å². The van der Waals surface area contributed by atoms with Gasteiger partial charge >= 0.3 is 0 Å². The fraction of sp³-hybridized carbons (Fsp3) is 0.263. The molecular weight excluding hydrogens is 307 g/mol. The molecule has 0 aromatic heterocycles. The van der Waals surface area contributed by atoms with Gasteiger partial charge in [0.2, 0.25) is 5.91 Å². The summed E-state index contributed by atoms with van der Waals surface area (Å²) in [6, 6.07) is 11.0. The Morgan fingerprint density at radius 2 is 2.00 bits per heavy atom. The molecule has 1 fully saturated rings. The molecule has 1 saturated heterocycles. The largest absolute Gasteiger partial charge is 0.352 e. The van der Waals surface area contributed by atoms with Crippen LogP contribution in [0.15, 0.2) is 42.5 Å². The van der Waals surface area contributed by atoms with Crippen molar-refractivity contribution in [3.63, 3.8) is 0 Å². The Hall–Kier alpha value is -2.69. The number of piperazine rings is 1. The molecule has 3 rings (SSSR count). The minimum absolute atomic E-state index is 0.214. The Morgan fingerprint density at radius 3 is 2.75 bits per heavy atom. The van der Waals surface area contributed by atoms with Crippen molar-refractivity contribution in [1.82, 2.24) is 10.2 Å². The Balaban J connectivity index is 2.01. The van der Waals surface area contributed by atoms with Crippen molar-refractivity contribution in [1.29, 1.82) is 0 Å². The van der Waals surface area contributed by atoms with Gasteiger partial charge in [-0.2, -0.15) is 0 Å². The maximum absolute atomic E-state index is 13.6. The number of rotatable bonds is 2. The highest BCUT2D eigenvalue weighted by Gasteiger charge is 2.35. The highest BCUT2D eigenvalue weighted by Crippen LogP contribution is 2.27. The summed E-state index contributed by atoms with van der Waals surface area (Å²) < 4.78 is 13.6. The van der Waals surface area contributed by atoms with Crippen LogP contribution < -0.4 is 5.32 Å². The number of hydrogen-bond donors (Lipinski definition) is 1. The minimum atomic E-state index is -0.700. The van der Waals surface area contributed by atoms with E-state index in [2.05, 4.69) is 5.32 Å². The van der Waals surface area contributed by atoms with Crippen LogP contribution in [0.25, 0.3) is 0 Å². The Bertz CT molecular complexity index is 804. The predicted molar refractivity (Wildman–Crippen MR) is 89.1 cm³/mol. The van der Waals surface area contributed by atoms with E-state index in [1.807, 2.05) is 31.2 Å². The van der Waals surface area contributed by atoms with Crippen LogP contribution in [0.2, 0.25) is 0 Å². The van der Waals surface area contributed by atoms with E-state index in [-0.39, 0.29) is 11.8 Å². The van der Waals surface area contributed by atoms with Gasteiger partial charge in [0.1, 0.15) is 11.9 Å². The van der Waals surface area contributed by atoms with Gasteiger partial charge in [-0.25, -0.2) is 4.39 Å². The zero-order chi connectivity index (χ0) is 17.3. The van der Waals surface area contributed by atoms with Gasteiger partial charge in [-0.15, -0.1) is 0 Å². The van der Waals surface area contributed by atoms with Crippen molar-refractivity contribution < 1.29 is 14.0 Å². The smallest absolute Gasteiger partial charge is 0.255 e. The van der Waals surface area contributed by atoms with E-state index in [0.29, 0.717) is 24.2 Å². The van der Waals surface area contributed by atoms with Crippen LogP contribution in [0.5, 0.6) is 0 Å². The van der Waals surface area contributed by atoms with Gasteiger partial charge in [-0.05, 0) is 37.1 Å². The molecule has 5 heteroatoms. The first-order chi connectivity index (χ1) is 11.5. The molecule has 1 aliphatic rings. The standard InChI is InChI=1S/C19H19FN2O2/c1-12-4-3-5-14(10-12)17-18(23)21-8-9-22(17)19(24)16-11-15(20)7-6-13(16)2/h3-7,10-11,17H,8-9H2,1-2H3,(H,21,23). The van der Waals surface area contributed by atoms with E-state index in [4.69, 9.17) is 0 Å². The van der Waals surface area contributed by atoms with Gasteiger partial charge < -0.3 is 10.2 Å². The van der Waals surface area contributed by atoms with Crippen molar-refractivity contribution in [3.05, 3.63) is 70.5 Å². The molecule has 1 N–H and O–H groups in total. The molecule has 0 saturated carbocycles. The quantitative estimate of drug-likeness (QED) is 0.922. The molecule has 4 nitrogen and oxygen atoms in total. The summed E-state index contributed by atoms with van der Waals surface area (Å²) in [7, 11) is 0. The molecule has 1 atom stereocenters. The van der Waals surface area contributed by atoms with Gasteiger partial charge in [0.25, 0.3) is 5.91 Å². The van der Waals surface area contributed by atoms with E-state index in [1.54, 1.807) is 13.0 Å². The summed E-state index contributed by atoms with van der Waals surface area (Å²) in [5.74, 6) is -1.000. The third kappa shape index (κ3) is 3.02. The summed E-state index contributed by atoms with van der Waals surface area (Å²) in [5, 5.41) is 2.81. The Kier molecular flexibility index (Phi) is 4.34. The molecule has 0 radical (unpaired) electrons. The first-order valence-corrected chi connectivity index (χ1v) is 7.89. The van der Waals surface area contributed by atoms with Crippen molar-refractivity contribution >= 4 is 11.8 Å². The number of nitrogens with zero attached hydrogens (tertiary/aromatic N) is 1. The van der Waals surface area contributed by atoms with Gasteiger partial charge in [-0.3, -0.25) is 9.59 Å². The number of aryl methyl sites for hydroxylation is 2. The molecule has 124 valence electrons. The molecule has 0 bridgehead atoms. The third-order valence-electron chi connectivity index (χ3n) is 4.26. The summed E-state index contributed by atoms with van der Waals surface area (Å²) in [6.07, 6.45) is 0. The van der Waals surface area contributed by atoms with Crippen molar-refractivity contribution in [3.8, 4) is 0 Å². The SMILES string of the molecule is Cc1cccc(C2C(=O)NCCN2C(=O)c2cc(F)ccc2C)c1. The molecule has 0 aliphatic carbocycles. The second-order valence-corrected chi connectivity index (χ2v) is 6.07. The summed E-state index contributed by atoms with van der Waals surface area (Å²) >= 11 is 0. The number of hydrogen-bond acceptors (Lipinski definition) is 2. The second-order valence-electron chi connectivity index (χ2n) is 6.07. The number of nitrogens with one attached hydrogen (secondary N) is 1. The average Bonchev–Trinajstić information content (AvgIpc) is 2.56.